The molecule has 4 rings (SSSR count). The Morgan fingerprint density at radius 2 is 1.79 bits per heavy atom. The minimum absolute atomic E-state index is 0. The van der Waals surface area contributed by atoms with Crippen LogP contribution in [0.25, 0.3) is 11.0 Å². The molecular formula is C24H38IN7O. The Labute approximate surface area is 214 Å². The highest BCUT2D eigenvalue weighted by atomic mass is 127. The lowest BCUT2D eigenvalue weighted by Gasteiger charge is -2.39. The van der Waals surface area contributed by atoms with Crippen molar-refractivity contribution in [3.05, 3.63) is 30.1 Å². The molecule has 1 aromatic carbocycles. The number of nitrogens with one attached hydrogen (secondary N) is 1. The van der Waals surface area contributed by atoms with Crippen LogP contribution in [-0.4, -0.2) is 95.0 Å². The minimum atomic E-state index is -0.0292. The van der Waals surface area contributed by atoms with Gasteiger partial charge in [-0.05, 0) is 45.2 Å². The second-order valence-electron chi connectivity index (χ2n) is 8.86. The number of halogens is 1. The third-order valence-corrected chi connectivity index (χ3v) is 6.84. The number of carbonyl (C=O) groups is 1. The first kappa shape index (κ1) is 25.7. The van der Waals surface area contributed by atoms with Crippen LogP contribution in [0.5, 0.6) is 0 Å². The standard InChI is InChI=1S/C24H37N7O.HI/c1-19(23(32)29-12-6-7-13-29)28-15-17-30(18-16-28)24(25-3)26-11-8-14-31-20(2)27-21-9-4-5-10-22(21)31;/h4-5,9-10,19H,6-8,11-18H2,1-3H3,(H,25,26);1H. The molecule has 2 saturated heterocycles. The number of benzene rings is 1. The number of fused-ring (bicyclic) bond motifs is 1. The van der Waals surface area contributed by atoms with E-state index in [1.807, 2.05) is 18.0 Å². The van der Waals surface area contributed by atoms with E-state index in [-0.39, 0.29) is 30.0 Å². The molecule has 1 unspecified atom stereocenters. The number of aryl methyl sites for hydroxylation is 2. The van der Waals surface area contributed by atoms with E-state index in [9.17, 15) is 4.79 Å². The van der Waals surface area contributed by atoms with Crippen LogP contribution in [0.2, 0.25) is 0 Å². The first-order valence-corrected chi connectivity index (χ1v) is 12.0. The molecule has 2 fully saturated rings. The van der Waals surface area contributed by atoms with Crippen molar-refractivity contribution in [1.29, 1.82) is 0 Å². The van der Waals surface area contributed by atoms with Crippen molar-refractivity contribution in [2.75, 3.05) is 52.9 Å². The van der Waals surface area contributed by atoms with E-state index < -0.39 is 0 Å². The summed E-state index contributed by atoms with van der Waals surface area (Å²) in [4.78, 5) is 28.5. The van der Waals surface area contributed by atoms with Gasteiger partial charge in [0.2, 0.25) is 5.91 Å². The quantitative estimate of drug-likeness (QED) is 0.252. The topological polar surface area (TPSA) is 69.0 Å². The Bertz CT molecular complexity index is 945. The zero-order valence-corrected chi connectivity index (χ0v) is 22.5. The van der Waals surface area contributed by atoms with Crippen LogP contribution < -0.4 is 5.32 Å². The maximum atomic E-state index is 12.7. The lowest BCUT2D eigenvalue weighted by Crippen LogP contribution is -2.57. The molecule has 9 heteroatoms. The van der Waals surface area contributed by atoms with Gasteiger partial charge in [-0.1, -0.05) is 12.1 Å². The van der Waals surface area contributed by atoms with Gasteiger partial charge in [-0.2, -0.15) is 0 Å². The van der Waals surface area contributed by atoms with Gasteiger partial charge in [0.15, 0.2) is 5.96 Å². The molecule has 2 aliphatic heterocycles. The van der Waals surface area contributed by atoms with Gasteiger partial charge in [-0.25, -0.2) is 4.98 Å². The predicted molar refractivity (Wildman–Crippen MR) is 144 cm³/mol. The fraction of sp³-hybridized carbons (Fsp3) is 0.625. The highest BCUT2D eigenvalue weighted by Crippen LogP contribution is 2.16. The molecule has 0 bridgehead atoms. The molecule has 8 nitrogen and oxygen atoms in total. The monoisotopic (exact) mass is 567 g/mol. The molecule has 1 atom stereocenters. The molecule has 2 aromatic rings. The van der Waals surface area contributed by atoms with Gasteiger partial charge >= 0.3 is 0 Å². The maximum absolute atomic E-state index is 12.7. The molecule has 33 heavy (non-hydrogen) atoms. The Kier molecular flexibility index (Phi) is 9.37. The highest BCUT2D eigenvalue weighted by molar-refractivity contribution is 14.0. The normalized spacial score (nSPS) is 18.5. The zero-order valence-electron chi connectivity index (χ0n) is 20.2. The second-order valence-corrected chi connectivity index (χ2v) is 8.86. The van der Waals surface area contributed by atoms with E-state index in [4.69, 9.17) is 0 Å². The summed E-state index contributed by atoms with van der Waals surface area (Å²) in [5.41, 5.74) is 2.26. The van der Waals surface area contributed by atoms with Crippen LogP contribution in [0.4, 0.5) is 0 Å². The van der Waals surface area contributed by atoms with E-state index >= 15 is 0 Å². The van der Waals surface area contributed by atoms with Crippen molar-refractivity contribution in [3.8, 4) is 0 Å². The number of imidazole rings is 1. The van der Waals surface area contributed by atoms with Crippen LogP contribution in [-0.2, 0) is 11.3 Å². The number of piperazine rings is 1. The van der Waals surface area contributed by atoms with Crippen molar-refractivity contribution < 1.29 is 4.79 Å². The lowest BCUT2D eigenvalue weighted by molar-refractivity contribution is -0.135. The predicted octanol–water partition coefficient (Wildman–Crippen LogP) is 2.56. The molecule has 0 saturated carbocycles. The molecule has 1 N–H and O–H groups in total. The number of guanidine groups is 1. The Morgan fingerprint density at radius 3 is 2.48 bits per heavy atom. The highest BCUT2D eigenvalue weighted by Gasteiger charge is 2.30. The number of likely N-dealkylation sites (tertiary alicyclic amines) is 1. The van der Waals surface area contributed by atoms with Crippen molar-refractivity contribution in [3.63, 3.8) is 0 Å². The minimum Gasteiger partial charge on any atom is -0.356 e. The molecule has 182 valence electrons. The summed E-state index contributed by atoms with van der Waals surface area (Å²) in [6.45, 7) is 11.3. The number of amides is 1. The third kappa shape index (κ3) is 5.98. The molecule has 3 heterocycles. The van der Waals surface area contributed by atoms with Gasteiger partial charge in [0.25, 0.3) is 0 Å². The summed E-state index contributed by atoms with van der Waals surface area (Å²) >= 11 is 0. The first-order chi connectivity index (χ1) is 15.6. The Balaban J connectivity index is 0.00000306. The maximum Gasteiger partial charge on any atom is 0.239 e. The summed E-state index contributed by atoms with van der Waals surface area (Å²) in [6.07, 6.45) is 3.29. The van der Waals surface area contributed by atoms with E-state index in [1.54, 1.807) is 0 Å². The number of hydrogen-bond acceptors (Lipinski definition) is 4. The number of aromatic nitrogens is 2. The van der Waals surface area contributed by atoms with Crippen LogP contribution in [0.15, 0.2) is 29.3 Å². The molecule has 1 amide bonds. The molecule has 1 aromatic heterocycles. The molecule has 0 spiro atoms. The fourth-order valence-electron chi connectivity index (χ4n) is 4.93. The number of aliphatic imine (C=N–C) groups is 1. The second kappa shape index (κ2) is 12.0. The molecule has 2 aliphatic rings. The largest absolute Gasteiger partial charge is 0.356 e. The van der Waals surface area contributed by atoms with E-state index in [2.05, 4.69) is 61.7 Å². The number of nitrogens with zero attached hydrogens (tertiary/aromatic N) is 6. The summed E-state index contributed by atoms with van der Waals surface area (Å²) in [5.74, 6) is 2.31. The van der Waals surface area contributed by atoms with Crippen molar-refractivity contribution >= 4 is 46.9 Å². The average molecular weight is 568 g/mol. The van der Waals surface area contributed by atoms with Crippen molar-refractivity contribution in [2.45, 2.75) is 45.7 Å². The van der Waals surface area contributed by atoms with E-state index in [0.29, 0.717) is 5.91 Å². The molecule has 0 aliphatic carbocycles. The number of para-hydroxylation sites is 2. The molecular weight excluding hydrogens is 529 g/mol. The zero-order chi connectivity index (χ0) is 22.5. The van der Waals surface area contributed by atoms with Gasteiger partial charge < -0.3 is 19.7 Å². The first-order valence-electron chi connectivity index (χ1n) is 12.0. The number of carbonyl (C=O) groups excluding carboxylic acids is 1. The number of rotatable bonds is 6. The average Bonchev–Trinajstić information content (AvgIpc) is 3.46. The van der Waals surface area contributed by atoms with Gasteiger partial charge in [0.1, 0.15) is 5.82 Å². The van der Waals surface area contributed by atoms with Crippen LogP contribution in [0.3, 0.4) is 0 Å². The van der Waals surface area contributed by atoms with Gasteiger partial charge in [0.05, 0.1) is 17.1 Å². The van der Waals surface area contributed by atoms with Gasteiger partial charge in [-0.3, -0.25) is 14.7 Å². The Hall–Kier alpha value is -1.88. The summed E-state index contributed by atoms with van der Waals surface area (Å²) < 4.78 is 2.29. The van der Waals surface area contributed by atoms with E-state index in [0.717, 1.165) is 88.9 Å². The van der Waals surface area contributed by atoms with Crippen LogP contribution in [0, 0.1) is 6.92 Å². The van der Waals surface area contributed by atoms with Crippen LogP contribution in [0.1, 0.15) is 32.0 Å². The van der Waals surface area contributed by atoms with Crippen molar-refractivity contribution in [2.24, 2.45) is 4.99 Å². The van der Waals surface area contributed by atoms with Crippen LogP contribution >= 0.6 is 24.0 Å². The van der Waals surface area contributed by atoms with Gasteiger partial charge in [-0.15, -0.1) is 24.0 Å². The summed E-state index contributed by atoms with van der Waals surface area (Å²) in [6, 6.07) is 8.28. The molecule has 0 radical (unpaired) electrons. The third-order valence-electron chi connectivity index (χ3n) is 6.84. The smallest absolute Gasteiger partial charge is 0.239 e. The number of hydrogen-bond donors (Lipinski definition) is 1. The van der Waals surface area contributed by atoms with Crippen molar-refractivity contribution in [1.82, 2.24) is 29.6 Å². The summed E-state index contributed by atoms with van der Waals surface area (Å²) in [7, 11) is 1.85. The van der Waals surface area contributed by atoms with Gasteiger partial charge in [0, 0.05) is 59.4 Å². The lowest BCUT2D eigenvalue weighted by atomic mass is 10.2. The fourth-order valence-corrected chi connectivity index (χ4v) is 4.93. The SMILES string of the molecule is CN=C(NCCCn1c(C)nc2ccccc21)N1CCN(C(C)C(=O)N2CCCC2)CC1.I. The summed E-state index contributed by atoms with van der Waals surface area (Å²) in [5, 5.41) is 3.53. The van der Waals surface area contributed by atoms with E-state index in [1.165, 1.54) is 5.52 Å². The Morgan fingerprint density at radius 1 is 1.09 bits per heavy atom.